The smallest absolute Gasteiger partial charge is 0.209 e. The Morgan fingerprint density at radius 2 is 2.30 bits per heavy atom. The second-order valence-electron chi connectivity index (χ2n) is 4.08. The fourth-order valence-corrected chi connectivity index (χ4v) is 2.54. The Bertz CT molecular complexity index is 563. The first-order valence-electron chi connectivity index (χ1n) is 6.24. The third-order valence-corrected chi connectivity index (χ3v) is 3.94. The summed E-state index contributed by atoms with van der Waals surface area (Å²) < 4.78 is 15.1. The van der Waals surface area contributed by atoms with Crippen LogP contribution < -0.4 is 5.32 Å². The van der Waals surface area contributed by atoms with Crippen molar-refractivity contribution in [1.82, 2.24) is 25.5 Å². The first-order chi connectivity index (χ1) is 9.70. The SMILES string of the molecule is CCNCCn1nnnc1SCc1ccc(Cl)c(F)c1. The summed E-state index contributed by atoms with van der Waals surface area (Å²) in [5.74, 6) is 0.187. The quantitative estimate of drug-likeness (QED) is 0.628. The van der Waals surface area contributed by atoms with Gasteiger partial charge in [0.15, 0.2) is 0 Å². The van der Waals surface area contributed by atoms with Crippen LogP contribution in [0.4, 0.5) is 4.39 Å². The number of hydrogen-bond donors (Lipinski definition) is 1. The van der Waals surface area contributed by atoms with Crippen molar-refractivity contribution in [3.05, 3.63) is 34.6 Å². The van der Waals surface area contributed by atoms with Gasteiger partial charge in [0.05, 0.1) is 11.6 Å². The highest BCUT2D eigenvalue weighted by Gasteiger charge is 2.08. The Morgan fingerprint density at radius 3 is 3.05 bits per heavy atom. The highest BCUT2D eigenvalue weighted by atomic mass is 35.5. The molecule has 8 heteroatoms. The summed E-state index contributed by atoms with van der Waals surface area (Å²) in [6.07, 6.45) is 0. The monoisotopic (exact) mass is 315 g/mol. The molecule has 2 rings (SSSR count). The van der Waals surface area contributed by atoms with E-state index in [2.05, 4.69) is 20.8 Å². The van der Waals surface area contributed by atoms with E-state index in [1.807, 2.05) is 6.92 Å². The molecule has 1 aromatic carbocycles. The highest BCUT2D eigenvalue weighted by molar-refractivity contribution is 7.98. The first kappa shape index (κ1) is 15.2. The fourth-order valence-electron chi connectivity index (χ4n) is 1.58. The second-order valence-corrected chi connectivity index (χ2v) is 5.42. The van der Waals surface area contributed by atoms with E-state index in [0.717, 1.165) is 23.8 Å². The van der Waals surface area contributed by atoms with E-state index in [1.54, 1.807) is 16.8 Å². The minimum absolute atomic E-state index is 0.134. The van der Waals surface area contributed by atoms with Crippen molar-refractivity contribution in [2.24, 2.45) is 0 Å². The van der Waals surface area contributed by atoms with Gasteiger partial charge in [-0.05, 0) is 34.7 Å². The Morgan fingerprint density at radius 1 is 1.45 bits per heavy atom. The van der Waals surface area contributed by atoms with E-state index in [4.69, 9.17) is 11.6 Å². The van der Waals surface area contributed by atoms with E-state index in [1.165, 1.54) is 17.8 Å². The van der Waals surface area contributed by atoms with Gasteiger partial charge in [0.25, 0.3) is 0 Å². The van der Waals surface area contributed by atoms with Crippen LogP contribution in [0.5, 0.6) is 0 Å². The molecule has 20 heavy (non-hydrogen) atoms. The van der Waals surface area contributed by atoms with Gasteiger partial charge in [-0.2, -0.15) is 0 Å². The summed E-state index contributed by atoms with van der Waals surface area (Å²) in [4.78, 5) is 0. The van der Waals surface area contributed by atoms with Crippen LogP contribution in [0.15, 0.2) is 23.4 Å². The van der Waals surface area contributed by atoms with E-state index in [0.29, 0.717) is 12.3 Å². The van der Waals surface area contributed by atoms with Crippen LogP contribution in [0, 0.1) is 5.82 Å². The van der Waals surface area contributed by atoms with Crippen molar-refractivity contribution < 1.29 is 4.39 Å². The number of hydrogen-bond acceptors (Lipinski definition) is 5. The van der Waals surface area contributed by atoms with Crippen LogP contribution in [0.25, 0.3) is 0 Å². The maximum absolute atomic E-state index is 13.3. The van der Waals surface area contributed by atoms with Gasteiger partial charge >= 0.3 is 0 Å². The number of benzene rings is 1. The van der Waals surface area contributed by atoms with Gasteiger partial charge in [-0.3, -0.25) is 0 Å². The van der Waals surface area contributed by atoms with Crippen LogP contribution >= 0.6 is 23.4 Å². The Hall–Kier alpha value is -1.18. The maximum atomic E-state index is 13.3. The Balaban J connectivity index is 1.93. The van der Waals surface area contributed by atoms with Gasteiger partial charge in [0, 0.05) is 12.3 Å². The van der Waals surface area contributed by atoms with Crippen LogP contribution in [0.2, 0.25) is 5.02 Å². The predicted molar refractivity (Wildman–Crippen MR) is 77.3 cm³/mol. The van der Waals surface area contributed by atoms with E-state index in [9.17, 15) is 4.39 Å². The number of halogens is 2. The van der Waals surface area contributed by atoms with Gasteiger partial charge < -0.3 is 5.32 Å². The van der Waals surface area contributed by atoms with Gasteiger partial charge in [0.1, 0.15) is 5.82 Å². The predicted octanol–water partition coefficient (Wildman–Crippen LogP) is 2.37. The minimum Gasteiger partial charge on any atom is -0.315 e. The average molecular weight is 316 g/mol. The van der Waals surface area contributed by atoms with E-state index >= 15 is 0 Å². The molecule has 0 amide bonds. The lowest BCUT2D eigenvalue weighted by atomic mass is 10.2. The first-order valence-corrected chi connectivity index (χ1v) is 7.60. The fraction of sp³-hybridized carbons (Fsp3) is 0.417. The molecule has 1 N–H and O–H groups in total. The van der Waals surface area contributed by atoms with Crippen molar-refractivity contribution in [3.8, 4) is 0 Å². The highest BCUT2D eigenvalue weighted by Crippen LogP contribution is 2.22. The molecule has 0 saturated heterocycles. The summed E-state index contributed by atoms with van der Waals surface area (Å²) in [6.45, 7) is 4.47. The zero-order valence-electron chi connectivity index (χ0n) is 11.0. The van der Waals surface area contributed by atoms with E-state index < -0.39 is 5.82 Å². The molecule has 1 heterocycles. The summed E-state index contributed by atoms with van der Waals surface area (Å²) in [6, 6.07) is 4.79. The van der Waals surface area contributed by atoms with Crippen molar-refractivity contribution in [1.29, 1.82) is 0 Å². The molecule has 0 aliphatic carbocycles. The number of aromatic nitrogens is 4. The zero-order valence-corrected chi connectivity index (χ0v) is 12.6. The molecule has 0 unspecified atom stereocenters. The molecule has 0 aliphatic rings. The zero-order chi connectivity index (χ0) is 14.4. The molecule has 0 fully saturated rings. The third kappa shape index (κ3) is 4.16. The topological polar surface area (TPSA) is 55.6 Å². The van der Waals surface area contributed by atoms with Crippen LogP contribution in [-0.4, -0.2) is 33.3 Å². The molecule has 0 radical (unpaired) electrons. The second kappa shape index (κ2) is 7.56. The molecule has 1 aromatic heterocycles. The van der Waals surface area contributed by atoms with Gasteiger partial charge in [-0.1, -0.05) is 36.4 Å². The van der Waals surface area contributed by atoms with Gasteiger partial charge in [-0.25, -0.2) is 9.07 Å². The molecule has 0 saturated carbocycles. The summed E-state index contributed by atoms with van der Waals surface area (Å²) >= 11 is 7.12. The molecule has 0 aliphatic heterocycles. The van der Waals surface area contributed by atoms with Crippen molar-refractivity contribution >= 4 is 23.4 Å². The molecule has 2 aromatic rings. The normalized spacial score (nSPS) is 10.9. The molecular formula is C12H15ClFN5S. The minimum atomic E-state index is -0.406. The van der Waals surface area contributed by atoms with Crippen LogP contribution in [0.1, 0.15) is 12.5 Å². The number of nitrogens with zero attached hydrogens (tertiary/aromatic N) is 4. The Labute approximate surface area is 125 Å². The number of tetrazole rings is 1. The average Bonchev–Trinajstić information content (AvgIpc) is 2.88. The molecular weight excluding hydrogens is 301 g/mol. The third-order valence-electron chi connectivity index (χ3n) is 2.60. The lowest BCUT2D eigenvalue weighted by Crippen LogP contribution is -2.20. The van der Waals surface area contributed by atoms with Gasteiger partial charge in [-0.15, -0.1) is 5.10 Å². The van der Waals surface area contributed by atoms with Crippen molar-refractivity contribution in [3.63, 3.8) is 0 Å². The lowest BCUT2D eigenvalue weighted by molar-refractivity contribution is 0.517. The summed E-state index contributed by atoms with van der Waals surface area (Å²) in [7, 11) is 0. The summed E-state index contributed by atoms with van der Waals surface area (Å²) in [5.41, 5.74) is 0.845. The van der Waals surface area contributed by atoms with E-state index in [-0.39, 0.29) is 5.02 Å². The van der Waals surface area contributed by atoms with Crippen molar-refractivity contribution in [2.75, 3.05) is 13.1 Å². The lowest BCUT2D eigenvalue weighted by Gasteiger charge is -2.05. The standard InChI is InChI=1S/C12H15ClFN5S/c1-2-15-5-6-19-12(16-17-18-19)20-8-9-3-4-10(13)11(14)7-9/h3-4,7,15H,2,5-6,8H2,1H3. The summed E-state index contributed by atoms with van der Waals surface area (Å²) in [5, 5.41) is 15.6. The van der Waals surface area contributed by atoms with Gasteiger partial charge in [0.2, 0.25) is 5.16 Å². The Kier molecular flexibility index (Phi) is 5.75. The number of rotatable bonds is 7. The number of thioether (sulfide) groups is 1. The van der Waals surface area contributed by atoms with Crippen LogP contribution in [-0.2, 0) is 12.3 Å². The molecule has 108 valence electrons. The maximum Gasteiger partial charge on any atom is 0.209 e. The molecule has 0 spiro atoms. The largest absolute Gasteiger partial charge is 0.315 e. The number of nitrogens with one attached hydrogen (secondary N) is 1. The van der Waals surface area contributed by atoms with Crippen LogP contribution in [0.3, 0.4) is 0 Å². The van der Waals surface area contributed by atoms with Crippen molar-refractivity contribution in [2.45, 2.75) is 24.4 Å². The molecule has 0 atom stereocenters. The molecule has 5 nitrogen and oxygen atoms in total. The number of likely N-dealkylation sites (N-methyl/N-ethyl adjacent to an activating group) is 1. The molecule has 0 bridgehead atoms.